The first-order valence-electron chi connectivity index (χ1n) is 7.48. The van der Waals surface area contributed by atoms with Crippen molar-refractivity contribution in [2.75, 3.05) is 13.1 Å². The molecule has 2 heterocycles. The fourth-order valence-corrected chi connectivity index (χ4v) is 2.90. The van der Waals surface area contributed by atoms with Gasteiger partial charge < -0.3 is 19.9 Å². The number of amides is 1. The van der Waals surface area contributed by atoms with Gasteiger partial charge in [0, 0.05) is 25.3 Å². The van der Waals surface area contributed by atoms with Crippen LogP contribution in [0.5, 0.6) is 0 Å². The summed E-state index contributed by atoms with van der Waals surface area (Å²) in [4.78, 5) is 17.7. The van der Waals surface area contributed by atoms with Crippen molar-refractivity contribution < 1.29 is 9.53 Å². The number of aromatic nitrogens is 1. The fraction of sp³-hybridized carbons (Fsp3) is 0.533. The van der Waals surface area contributed by atoms with Crippen LogP contribution in [0.2, 0.25) is 5.02 Å². The predicted octanol–water partition coefficient (Wildman–Crippen LogP) is 2.81. The van der Waals surface area contributed by atoms with E-state index < -0.39 is 0 Å². The predicted molar refractivity (Wildman–Crippen MR) is 88.0 cm³/mol. The average molecular weight is 338 g/mol. The zero-order valence-corrected chi connectivity index (χ0v) is 14.0. The van der Waals surface area contributed by atoms with Gasteiger partial charge in [-0.1, -0.05) is 11.6 Å². The molecule has 0 radical (unpaired) electrons. The molecular weight excluding hydrogens is 318 g/mol. The van der Waals surface area contributed by atoms with Gasteiger partial charge in [0.15, 0.2) is 5.82 Å². The number of hydrogen-bond acceptors (Lipinski definition) is 4. The Kier molecular flexibility index (Phi) is 5.50. The lowest BCUT2D eigenvalue weighted by molar-refractivity contribution is 0.0662. The largest absolute Gasteiger partial charge is 0.447 e. The van der Waals surface area contributed by atoms with Crippen LogP contribution < -0.4 is 5.73 Å². The van der Waals surface area contributed by atoms with Crippen LogP contribution in [0, 0.1) is 11.3 Å². The second-order valence-corrected chi connectivity index (χ2v) is 6.03. The Bertz CT molecular complexity index is 639. The first-order valence-corrected chi connectivity index (χ1v) is 7.86. The Labute approximate surface area is 140 Å². The number of ether oxygens (including phenoxy) is 1. The van der Waals surface area contributed by atoms with E-state index >= 15 is 0 Å². The second kappa shape index (κ2) is 7.38. The summed E-state index contributed by atoms with van der Waals surface area (Å²) < 4.78 is 7.08. The molecule has 7 nitrogen and oxygen atoms in total. The van der Waals surface area contributed by atoms with Crippen molar-refractivity contribution in [2.24, 2.45) is 10.7 Å². The number of piperidine rings is 1. The molecule has 8 heteroatoms. The second-order valence-electron chi connectivity index (χ2n) is 5.62. The van der Waals surface area contributed by atoms with E-state index in [0.29, 0.717) is 29.5 Å². The summed E-state index contributed by atoms with van der Waals surface area (Å²) in [6.45, 7) is 4.82. The van der Waals surface area contributed by atoms with E-state index in [4.69, 9.17) is 22.1 Å². The Balaban J connectivity index is 2.12. The minimum absolute atomic E-state index is 0.108. The molecule has 1 aliphatic heterocycles. The molecule has 0 atom stereocenters. The van der Waals surface area contributed by atoms with Crippen molar-refractivity contribution in [1.82, 2.24) is 9.47 Å². The standard InChI is InChI=1S/C15H20ClN5O2/c1-10(2)23-15(22)20-5-3-11(4-6-20)21-8-13(16)12(7-17)14(21)19-9-18/h8-11H,3-6H2,1-2H3,(H2,18,19). The molecular formula is C15H20ClN5O2. The zero-order chi connectivity index (χ0) is 17.0. The number of rotatable bonds is 3. The highest BCUT2D eigenvalue weighted by atomic mass is 35.5. The van der Waals surface area contributed by atoms with E-state index in [0.717, 1.165) is 19.2 Å². The van der Waals surface area contributed by atoms with Gasteiger partial charge >= 0.3 is 6.09 Å². The third-order valence-electron chi connectivity index (χ3n) is 3.72. The SMILES string of the molecule is CC(C)OC(=O)N1CCC(n2cc(Cl)c(C#N)c2/N=C/N)CC1. The molecule has 0 aliphatic carbocycles. The molecule has 124 valence electrons. The number of nitriles is 1. The summed E-state index contributed by atoms with van der Waals surface area (Å²) in [6, 6.07) is 2.16. The lowest BCUT2D eigenvalue weighted by Crippen LogP contribution is -2.40. The lowest BCUT2D eigenvalue weighted by Gasteiger charge is -2.32. The minimum Gasteiger partial charge on any atom is -0.447 e. The van der Waals surface area contributed by atoms with Crippen LogP contribution in [0.25, 0.3) is 0 Å². The third-order valence-corrected chi connectivity index (χ3v) is 4.01. The Morgan fingerprint density at radius 2 is 2.22 bits per heavy atom. The smallest absolute Gasteiger partial charge is 0.410 e. The molecule has 2 rings (SSSR count). The number of aliphatic imine (C=N–C) groups is 1. The Morgan fingerprint density at radius 3 is 2.74 bits per heavy atom. The van der Waals surface area contributed by atoms with Gasteiger partial charge in [0.1, 0.15) is 11.6 Å². The number of carbonyl (C=O) groups is 1. The molecule has 0 saturated carbocycles. The van der Waals surface area contributed by atoms with Gasteiger partial charge in [0.2, 0.25) is 0 Å². The third kappa shape index (κ3) is 3.77. The monoisotopic (exact) mass is 337 g/mol. The molecule has 2 N–H and O–H groups in total. The van der Waals surface area contributed by atoms with E-state index in [2.05, 4.69) is 11.1 Å². The van der Waals surface area contributed by atoms with Crippen molar-refractivity contribution in [3.63, 3.8) is 0 Å². The highest BCUT2D eigenvalue weighted by molar-refractivity contribution is 6.32. The Morgan fingerprint density at radius 1 is 1.57 bits per heavy atom. The van der Waals surface area contributed by atoms with Crippen LogP contribution in [0.4, 0.5) is 10.6 Å². The summed E-state index contributed by atoms with van der Waals surface area (Å²) in [5.74, 6) is 0.461. The van der Waals surface area contributed by atoms with Gasteiger partial charge in [0.05, 0.1) is 17.5 Å². The van der Waals surface area contributed by atoms with Crippen LogP contribution in [0.15, 0.2) is 11.2 Å². The summed E-state index contributed by atoms with van der Waals surface area (Å²) in [5, 5.41) is 9.56. The van der Waals surface area contributed by atoms with Crippen molar-refractivity contribution in [3.05, 3.63) is 16.8 Å². The summed E-state index contributed by atoms with van der Waals surface area (Å²) in [6.07, 6.45) is 3.90. The number of halogens is 1. The number of nitrogens with two attached hydrogens (primary N) is 1. The van der Waals surface area contributed by atoms with Crippen molar-refractivity contribution in [1.29, 1.82) is 5.26 Å². The van der Waals surface area contributed by atoms with Crippen LogP contribution >= 0.6 is 11.6 Å². The van der Waals surface area contributed by atoms with E-state index in [1.165, 1.54) is 0 Å². The number of hydrogen-bond donors (Lipinski definition) is 1. The van der Waals surface area contributed by atoms with Gasteiger partial charge in [-0.25, -0.2) is 9.79 Å². The maximum absolute atomic E-state index is 11.9. The summed E-state index contributed by atoms with van der Waals surface area (Å²) >= 11 is 6.10. The summed E-state index contributed by atoms with van der Waals surface area (Å²) in [5.41, 5.74) is 5.69. The van der Waals surface area contributed by atoms with Crippen LogP contribution in [-0.4, -0.2) is 41.1 Å². The molecule has 0 bridgehead atoms. The van der Waals surface area contributed by atoms with Crippen molar-refractivity contribution in [2.45, 2.75) is 38.8 Å². The maximum atomic E-state index is 11.9. The van der Waals surface area contributed by atoms with Gasteiger partial charge in [-0.3, -0.25) is 0 Å². The number of nitrogens with zero attached hydrogens (tertiary/aromatic N) is 4. The van der Waals surface area contributed by atoms with Crippen LogP contribution in [0.1, 0.15) is 38.3 Å². The maximum Gasteiger partial charge on any atom is 0.410 e. The molecule has 0 aromatic carbocycles. The topological polar surface area (TPSA) is 96.6 Å². The van der Waals surface area contributed by atoms with E-state index in [1.54, 1.807) is 11.1 Å². The highest BCUT2D eigenvalue weighted by Gasteiger charge is 2.27. The van der Waals surface area contributed by atoms with E-state index in [1.807, 2.05) is 18.4 Å². The lowest BCUT2D eigenvalue weighted by atomic mass is 10.1. The number of carbonyl (C=O) groups excluding carboxylic acids is 1. The van der Waals surface area contributed by atoms with Gasteiger partial charge in [-0.15, -0.1) is 0 Å². The van der Waals surface area contributed by atoms with E-state index in [-0.39, 0.29) is 18.2 Å². The molecule has 1 amide bonds. The Hall–Kier alpha value is -2.20. The molecule has 23 heavy (non-hydrogen) atoms. The molecule has 0 unspecified atom stereocenters. The normalized spacial score (nSPS) is 16.0. The molecule has 1 fully saturated rings. The first kappa shape index (κ1) is 17.2. The average Bonchev–Trinajstić information content (AvgIpc) is 2.83. The minimum atomic E-state index is -0.290. The van der Waals surface area contributed by atoms with Crippen molar-refractivity contribution in [3.8, 4) is 6.07 Å². The molecule has 0 spiro atoms. The molecule has 1 aromatic heterocycles. The van der Waals surface area contributed by atoms with Crippen molar-refractivity contribution >= 4 is 29.9 Å². The van der Waals surface area contributed by atoms with E-state index in [9.17, 15) is 10.1 Å². The van der Waals surface area contributed by atoms with Crippen LogP contribution in [-0.2, 0) is 4.74 Å². The molecule has 1 aromatic rings. The van der Waals surface area contributed by atoms with Gasteiger partial charge in [-0.2, -0.15) is 5.26 Å². The number of likely N-dealkylation sites (tertiary alicyclic amines) is 1. The fourth-order valence-electron chi connectivity index (χ4n) is 2.67. The zero-order valence-electron chi connectivity index (χ0n) is 13.2. The summed E-state index contributed by atoms with van der Waals surface area (Å²) in [7, 11) is 0. The van der Waals surface area contributed by atoms with Gasteiger partial charge in [-0.05, 0) is 26.7 Å². The quantitative estimate of drug-likeness (QED) is 0.677. The van der Waals surface area contributed by atoms with Gasteiger partial charge in [0.25, 0.3) is 0 Å². The molecule has 1 saturated heterocycles. The van der Waals surface area contributed by atoms with Crippen LogP contribution in [0.3, 0.4) is 0 Å². The first-order chi connectivity index (χ1) is 11.0. The molecule has 1 aliphatic rings. The highest BCUT2D eigenvalue weighted by Crippen LogP contribution is 2.35.